The zero-order chi connectivity index (χ0) is 18.1. The molecule has 5 nitrogen and oxygen atoms in total. The van der Waals surface area contributed by atoms with Gasteiger partial charge in [0.05, 0.1) is 18.7 Å². The summed E-state index contributed by atoms with van der Waals surface area (Å²) >= 11 is 11.8. The Labute approximate surface area is 152 Å². The highest BCUT2D eigenvalue weighted by molar-refractivity contribution is 6.35. The maximum Gasteiger partial charge on any atom is 0.328 e. The number of methoxy groups -OCH3 is 1. The highest BCUT2D eigenvalue weighted by atomic mass is 35.5. The predicted molar refractivity (Wildman–Crippen MR) is 94.6 cm³/mol. The summed E-state index contributed by atoms with van der Waals surface area (Å²) in [4.78, 5) is 23.6. The summed E-state index contributed by atoms with van der Waals surface area (Å²) in [6.07, 6.45) is 1.28. The molecule has 1 N–H and O–H groups in total. The Morgan fingerprint density at radius 1 is 1.25 bits per heavy atom. The van der Waals surface area contributed by atoms with Crippen LogP contribution in [0.2, 0.25) is 10.0 Å². The van der Waals surface area contributed by atoms with E-state index in [0.29, 0.717) is 35.2 Å². The quantitative estimate of drug-likeness (QED) is 0.525. The number of hydrogen-bond acceptors (Lipinski definition) is 4. The van der Waals surface area contributed by atoms with Crippen LogP contribution in [0, 0.1) is 5.92 Å². The molecule has 1 aromatic rings. The number of esters is 1. The highest BCUT2D eigenvalue weighted by Crippen LogP contribution is 2.27. The molecule has 0 fully saturated rings. The first kappa shape index (κ1) is 20.6. The second-order valence-corrected chi connectivity index (χ2v) is 6.64. The molecular weight excluding hydrogens is 353 g/mol. The van der Waals surface area contributed by atoms with E-state index in [2.05, 4.69) is 5.32 Å². The molecule has 1 amide bonds. The van der Waals surface area contributed by atoms with E-state index in [-0.39, 0.29) is 18.2 Å². The Kier molecular flexibility index (Phi) is 8.93. The first-order valence-electron chi connectivity index (χ1n) is 7.78. The lowest BCUT2D eigenvalue weighted by atomic mass is 10.0. The van der Waals surface area contributed by atoms with Gasteiger partial charge in [-0.15, -0.1) is 0 Å². The molecule has 1 atom stereocenters. The zero-order valence-electron chi connectivity index (χ0n) is 14.1. The van der Waals surface area contributed by atoms with Crippen LogP contribution in [0.3, 0.4) is 0 Å². The highest BCUT2D eigenvalue weighted by Gasteiger charge is 2.22. The normalized spacial score (nSPS) is 11.9. The van der Waals surface area contributed by atoms with Crippen LogP contribution in [0.4, 0.5) is 0 Å². The third-order valence-corrected chi connectivity index (χ3v) is 3.76. The van der Waals surface area contributed by atoms with Gasteiger partial charge in [0.1, 0.15) is 11.8 Å². The van der Waals surface area contributed by atoms with Crippen molar-refractivity contribution in [2.45, 2.75) is 39.2 Å². The average molecular weight is 376 g/mol. The van der Waals surface area contributed by atoms with Gasteiger partial charge in [0.15, 0.2) is 0 Å². The lowest BCUT2D eigenvalue weighted by Crippen LogP contribution is -2.42. The van der Waals surface area contributed by atoms with Crippen LogP contribution < -0.4 is 10.1 Å². The fraction of sp³-hybridized carbons (Fsp3) is 0.529. The van der Waals surface area contributed by atoms with Crippen molar-refractivity contribution >= 4 is 35.1 Å². The van der Waals surface area contributed by atoms with E-state index in [1.807, 2.05) is 13.8 Å². The summed E-state index contributed by atoms with van der Waals surface area (Å²) < 4.78 is 10.2. The average Bonchev–Trinajstić information content (AvgIpc) is 2.51. The molecule has 7 heteroatoms. The summed E-state index contributed by atoms with van der Waals surface area (Å²) in [6, 6.07) is 4.34. The van der Waals surface area contributed by atoms with E-state index < -0.39 is 12.0 Å². The van der Waals surface area contributed by atoms with Crippen molar-refractivity contribution < 1.29 is 19.1 Å². The van der Waals surface area contributed by atoms with Crippen LogP contribution in [0.25, 0.3) is 0 Å². The van der Waals surface area contributed by atoms with Crippen molar-refractivity contribution in [2.75, 3.05) is 13.7 Å². The van der Waals surface area contributed by atoms with Crippen LogP contribution in [0.1, 0.15) is 33.1 Å². The van der Waals surface area contributed by atoms with Gasteiger partial charge in [0.25, 0.3) is 0 Å². The minimum atomic E-state index is -0.617. The van der Waals surface area contributed by atoms with E-state index in [9.17, 15) is 9.59 Å². The molecule has 24 heavy (non-hydrogen) atoms. The number of halogens is 2. The summed E-state index contributed by atoms with van der Waals surface area (Å²) in [6.45, 7) is 4.29. The second kappa shape index (κ2) is 10.4. The number of carbonyl (C=O) groups is 2. The summed E-state index contributed by atoms with van der Waals surface area (Å²) in [5.41, 5.74) is 0. The molecule has 0 bridgehead atoms. The van der Waals surface area contributed by atoms with Gasteiger partial charge in [-0.05, 0) is 37.0 Å². The summed E-state index contributed by atoms with van der Waals surface area (Å²) in [5.74, 6) is 0.150. The summed E-state index contributed by atoms with van der Waals surface area (Å²) in [7, 11) is 1.31. The Bertz CT molecular complexity index is 564. The van der Waals surface area contributed by atoms with Crippen molar-refractivity contribution in [2.24, 2.45) is 5.92 Å². The standard InChI is InChI=1S/C17H23Cl2NO4/c1-11(2)9-14(17(22)23-3)20-16(21)5-4-8-24-15-7-6-12(18)10-13(15)19/h6-7,10-11,14H,4-5,8-9H2,1-3H3,(H,20,21)/t14-/m0/s1. The molecule has 1 aromatic carbocycles. The molecule has 0 aliphatic rings. The SMILES string of the molecule is COC(=O)[C@H](CC(C)C)NC(=O)CCCOc1ccc(Cl)cc1Cl. The van der Waals surface area contributed by atoms with Gasteiger partial charge in [-0.25, -0.2) is 4.79 Å². The van der Waals surface area contributed by atoms with Gasteiger partial charge < -0.3 is 14.8 Å². The Balaban J connectivity index is 2.38. The molecule has 0 spiro atoms. The number of nitrogens with one attached hydrogen (secondary N) is 1. The molecule has 1 rings (SSSR count). The lowest BCUT2D eigenvalue weighted by molar-refractivity contribution is -0.145. The van der Waals surface area contributed by atoms with Crippen LogP contribution in [0.5, 0.6) is 5.75 Å². The van der Waals surface area contributed by atoms with Gasteiger partial charge in [-0.1, -0.05) is 37.0 Å². The molecule has 0 saturated heterocycles. The number of amides is 1. The Morgan fingerprint density at radius 3 is 2.54 bits per heavy atom. The first-order valence-corrected chi connectivity index (χ1v) is 8.54. The smallest absolute Gasteiger partial charge is 0.328 e. The molecule has 0 aliphatic carbocycles. The zero-order valence-corrected chi connectivity index (χ0v) is 15.6. The van der Waals surface area contributed by atoms with Gasteiger partial charge >= 0.3 is 5.97 Å². The van der Waals surface area contributed by atoms with Crippen molar-refractivity contribution in [1.29, 1.82) is 0 Å². The molecule has 0 saturated carbocycles. The van der Waals surface area contributed by atoms with Crippen LogP contribution in [-0.2, 0) is 14.3 Å². The van der Waals surface area contributed by atoms with E-state index in [4.69, 9.17) is 32.7 Å². The molecular formula is C17H23Cl2NO4. The fourth-order valence-electron chi connectivity index (χ4n) is 2.10. The van der Waals surface area contributed by atoms with Gasteiger partial charge in [-0.3, -0.25) is 4.79 Å². The molecule has 0 aliphatic heterocycles. The number of ether oxygens (including phenoxy) is 2. The Morgan fingerprint density at radius 2 is 1.96 bits per heavy atom. The molecule has 0 unspecified atom stereocenters. The first-order chi connectivity index (χ1) is 11.3. The lowest BCUT2D eigenvalue weighted by Gasteiger charge is -2.18. The third kappa shape index (κ3) is 7.41. The Hall–Kier alpha value is -1.46. The van der Waals surface area contributed by atoms with Gasteiger partial charge in [0, 0.05) is 11.4 Å². The third-order valence-electron chi connectivity index (χ3n) is 3.23. The van der Waals surface area contributed by atoms with E-state index in [1.54, 1.807) is 18.2 Å². The van der Waals surface area contributed by atoms with Gasteiger partial charge in [0.2, 0.25) is 5.91 Å². The maximum absolute atomic E-state index is 12.0. The van der Waals surface area contributed by atoms with Crippen LogP contribution in [-0.4, -0.2) is 31.6 Å². The minimum absolute atomic E-state index is 0.211. The number of carbonyl (C=O) groups excluding carboxylic acids is 2. The molecule has 0 aromatic heterocycles. The number of benzene rings is 1. The number of rotatable bonds is 9. The van der Waals surface area contributed by atoms with Gasteiger partial charge in [-0.2, -0.15) is 0 Å². The molecule has 0 heterocycles. The van der Waals surface area contributed by atoms with Crippen molar-refractivity contribution in [1.82, 2.24) is 5.32 Å². The molecule has 134 valence electrons. The largest absolute Gasteiger partial charge is 0.492 e. The van der Waals surface area contributed by atoms with E-state index in [0.717, 1.165) is 0 Å². The monoisotopic (exact) mass is 375 g/mol. The van der Waals surface area contributed by atoms with Crippen LogP contribution >= 0.6 is 23.2 Å². The van der Waals surface area contributed by atoms with Crippen LogP contribution in [0.15, 0.2) is 18.2 Å². The van der Waals surface area contributed by atoms with E-state index in [1.165, 1.54) is 7.11 Å². The minimum Gasteiger partial charge on any atom is -0.492 e. The van der Waals surface area contributed by atoms with Crippen molar-refractivity contribution in [3.05, 3.63) is 28.2 Å². The second-order valence-electron chi connectivity index (χ2n) is 5.80. The molecule has 0 radical (unpaired) electrons. The summed E-state index contributed by atoms with van der Waals surface area (Å²) in [5, 5.41) is 3.66. The van der Waals surface area contributed by atoms with Crippen molar-refractivity contribution in [3.63, 3.8) is 0 Å². The van der Waals surface area contributed by atoms with Crippen molar-refractivity contribution in [3.8, 4) is 5.75 Å². The fourth-order valence-corrected chi connectivity index (χ4v) is 2.56. The topological polar surface area (TPSA) is 64.6 Å². The van der Waals surface area contributed by atoms with E-state index >= 15 is 0 Å². The maximum atomic E-state index is 12.0. The predicted octanol–water partition coefficient (Wildman–Crippen LogP) is 3.86. The number of hydrogen-bond donors (Lipinski definition) is 1.